The number of aliphatic hydroxyl groups excluding tert-OH is 1. The number of benzene rings is 3. The monoisotopic (exact) mass is 1010 g/mol. The number of β-amino-alcohol motifs (C(OH)–C–C–N with tert-alkyl or cyclic N) is 1. The predicted molar refractivity (Wildman–Crippen MR) is 278 cm³/mol. The number of thiazole rings is 1. The molecule has 0 saturated carbocycles. The number of ether oxygens (including phenoxy) is 2. The van der Waals surface area contributed by atoms with Crippen LogP contribution in [0, 0.1) is 33.1 Å². The number of amides is 3. The van der Waals surface area contributed by atoms with E-state index in [-0.39, 0.29) is 43.9 Å². The van der Waals surface area contributed by atoms with Crippen LogP contribution in [-0.2, 0) is 36.9 Å². The molecule has 6 heterocycles. The number of nitrogens with zero attached hydrogens (tertiary/aromatic N) is 7. The molecule has 0 spiro atoms. The number of aliphatic imine (C=N–C) groups is 1. The van der Waals surface area contributed by atoms with Gasteiger partial charge in [-0.15, -0.1) is 32.9 Å². The maximum absolute atomic E-state index is 14.3. The Balaban J connectivity index is 0.840. The van der Waals surface area contributed by atoms with Gasteiger partial charge in [-0.2, -0.15) is 0 Å². The molecule has 5 atom stereocenters. The fourth-order valence-corrected chi connectivity index (χ4v) is 11.8. The van der Waals surface area contributed by atoms with E-state index in [0.717, 1.165) is 84.0 Å². The lowest BCUT2D eigenvalue weighted by atomic mass is 9.85. The molecule has 16 nitrogen and oxygen atoms in total. The minimum Gasteiger partial charge on any atom is -0.484 e. The number of thiophene rings is 1. The first-order chi connectivity index (χ1) is 34.4. The van der Waals surface area contributed by atoms with Crippen molar-refractivity contribution in [3.63, 3.8) is 0 Å². The lowest BCUT2D eigenvalue weighted by Crippen LogP contribution is -2.58. The van der Waals surface area contributed by atoms with Crippen molar-refractivity contribution in [1.82, 2.24) is 35.3 Å². The van der Waals surface area contributed by atoms with Crippen molar-refractivity contribution in [3.05, 3.63) is 128 Å². The second-order valence-corrected chi connectivity index (χ2v) is 22.1. The third-order valence-electron chi connectivity index (χ3n) is 14.0. The Bertz CT molecular complexity index is 3060. The van der Waals surface area contributed by atoms with E-state index in [9.17, 15) is 24.3 Å². The van der Waals surface area contributed by atoms with Gasteiger partial charge in [-0.1, -0.05) is 63.2 Å². The lowest BCUT2D eigenvalue weighted by Gasteiger charge is -2.35. The van der Waals surface area contributed by atoms with Gasteiger partial charge in [0.15, 0.2) is 12.4 Å². The van der Waals surface area contributed by atoms with Gasteiger partial charge in [0.25, 0.3) is 5.91 Å². The molecule has 0 radical (unpaired) electrons. The SMILES string of the molecule is COC(=O)C[C@@H]1N=C(c2ccc(N3CCc4ccc(OCC(=O)N[C@H](C(=O)N5C[C@H](O)C[C@H]5C(=O)N[C@@H](C)c5ccc(-c6scnc6C)cc5)C(C)(C)C)cc4C3)cc2)c2c(sc(C)c2C)-n2c(C)nnc21. The third kappa shape index (κ3) is 10.2. The summed E-state index contributed by atoms with van der Waals surface area (Å²) in [5, 5.41) is 26.5. The summed E-state index contributed by atoms with van der Waals surface area (Å²) in [5.74, 6) is 0.171. The Morgan fingerprint density at radius 2 is 1.67 bits per heavy atom. The van der Waals surface area contributed by atoms with Crippen LogP contribution in [0.1, 0.15) is 108 Å². The molecule has 0 aliphatic carbocycles. The number of hydrogen-bond acceptors (Lipinski definition) is 14. The van der Waals surface area contributed by atoms with Crippen molar-refractivity contribution >= 4 is 57.8 Å². The van der Waals surface area contributed by atoms with Crippen LogP contribution in [-0.4, -0.2) is 104 Å². The van der Waals surface area contributed by atoms with E-state index in [1.165, 1.54) is 17.6 Å². The second-order valence-electron chi connectivity index (χ2n) is 20.0. The van der Waals surface area contributed by atoms with Gasteiger partial charge in [0.1, 0.15) is 34.7 Å². The number of aryl methyl sites for hydroxylation is 3. The van der Waals surface area contributed by atoms with Crippen molar-refractivity contribution in [1.29, 1.82) is 0 Å². The van der Waals surface area contributed by atoms with Crippen LogP contribution in [0.15, 0.2) is 77.2 Å². The summed E-state index contributed by atoms with van der Waals surface area (Å²) in [5.41, 5.74) is 11.1. The smallest absolute Gasteiger partial charge is 0.308 e. The molecule has 1 saturated heterocycles. The van der Waals surface area contributed by atoms with E-state index < -0.39 is 41.5 Å². The second kappa shape index (κ2) is 20.4. The normalized spacial score (nSPS) is 18.2. The first-order valence-corrected chi connectivity index (χ1v) is 25.9. The summed E-state index contributed by atoms with van der Waals surface area (Å²) in [7, 11) is 1.38. The van der Waals surface area contributed by atoms with E-state index in [1.807, 2.05) is 94.1 Å². The number of fused-ring (bicyclic) bond motifs is 4. The molecule has 1 fully saturated rings. The Morgan fingerprint density at radius 3 is 2.36 bits per heavy atom. The van der Waals surface area contributed by atoms with Crippen LogP contribution in [0.25, 0.3) is 15.4 Å². The van der Waals surface area contributed by atoms with Crippen LogP contribution in [0.2, 0.25) is 0 Å². The number of methoxy groups -OCH3 is 1. The first kappa shape index (κ1) is 50.2. The van der Waals surface area contributed by atoms with Gasteiger partial charge in [-0.05, 0) is 98.5 Å². The zero-order valence-electron chi connectivity index (χ0n) is 42.1. The summed E-state index contributed by atoms with van der Waals surface area (Å²) in [4.78, 5) is 69.9. The molecule has 3 aromatic carbocycles. The molecule has 18 heteroatoms. The van der Waals surface area contributed by atoms with Gasteiger partial charge in [0, 0.05) is 47.7 Å². The maximum Gasteiger partial charge on any atom is 0.308 e. The van der Waals surface area contributed by atoms with Gasteiger partial charge >= 0.3 is 5.97 Å². The number of esters is 1. The van der Waals surface area contributed by atoms with Crippen LogP contribution < -0.4 is 20.3 Å². The number of carbonyl (C=O) groups is 4. The Kier molecular flexibility index (Phi) is 14.2. The van der Waals surface area contributed by atoms with Gasteiger partial charge in [-0.3, -0.25) is 28.7 Å². The van der Waals surface area contributed by atoms with Crippen LogP contribution in [0.5, 0.6) is 5.75 Å². The molecule has 6 aromatic rings. The Morgan fingerprint density at radius 1 is 0.931 bits per heavy atom. The number of aromatic nitrogens is 4. The van der Waals surface area contributed by atoms with Crippen molar-refractivity contribution in [3.8, 4) is 21.2 Å². The number of anilines is 1. The zero-order valence-corrected chi connectivity index (χ0v) is 43.7. The average molecular weight is 1010 g/mol. The van der Waals surface area contributed by atoms with Crippen molar-refractivity contribution < 1.29 is 33.8 Å². The van der Waals surface area contributed by atoms with Crippen molar-refractivity contribution in [2.24, 2.45) is 10.4 Å². The average Bonchev–Trinajstić information content (AvgIpc) is 4.13. The third-order valence-corrected chi connectivity index (χ3v) is 16.1. The van der Waals surface area contributed by atoms with Crippen LogP contribution >= 0.6 is 22.7 Å². The van der Waals surface area contributed by atoms with E-state index >= 15 is 0 Å². The van der Waals surface area contributed by atoms with E-state index in [2.05, 4.69) is 68.8 Å². The highest BCUT2D eigenvalue weighted by Crippen LogP contribution is 2.40. The van der Waals surface area contributed by atoms with E-state index in [0.29, 0.717) is 18.1 Å². The number of aliphatic hydroxyl groups is 1. The number of hydrogen-bond donors (Lipinski definition) is 3. The molecule has 3 aromatic heterocycles. The maximum atomic E-state index is 14.3. The molecular formula is C54H61N9O7S2. The van der Waals surface area contributed by atoms with Gasteiger partial charge in [-0.25, -0.2) is 4.98 Å². The summed E-state index contributed by atoms with van der Waals surface area (Å²) in [6.07, 6.45) is 0.0343. The molecule has 3 aliphatic rings. The largest absolute Gasteiger partial charge is 0.484 e. The molecule has 9 rings (SSSR count). The highest BCUT2D eigenvalue weighted by Gasteiger charge is 2.45. The fourth-order valence-electron chi connectivity index (χ4n) is 9.81. The van der Waals surface area contributed by atoms with Crippen molar-refractivity contribution in [2.45, 2.75) is 111 Å². The number of carbonyl (C=O) groups excluding carboxylic acids is 4. The highest BCUT2D eigenvalue weighted by atomic mass is 32.1. The summed E-state index contributed by atoms with van der Waals surface area (Å²) in [6, 6.07) is 19.3. The van der Waals surface area contributed by atoms with Crippen LogP contribution in [0.3, 0.4) is 0 Å². The standard InChI is InChI=1S/C54H61N9O7S2/c1-29-32(4)72-53-46(29)47(57-42(24-45(66)69-9)50-60-59-33(5)63(50)53)36-14-17-39(18-15-36)61-21-20-35-16-19-41(22-38(35)25-61)70-27-44(65)58-49(54(6,7)8)52(68)62-26-40(64)23-43(62)51(67)56-30(2)34-10-12-37(13-11-34)48-31(3)55-28-71-48/h10-19,22,28,30,40,42-43,49,64H,20-21,23-27H2,1-9H3,(H,56,67)(H,58,65)/t30-,40+,42-,43-,49+/m0/s1. The van der Waals surface area contributed by atoms with Gasteiger partial charge in [0.05, 0.1) is 47.5 Å². The number of rotatable bonds is 13. The minimum absolute atomic E-state index is 0.0296. The quantitative estimate of drug-likeness (QED) is 0.0974. The summed E-state index contributed by atoms with van der Waals surface area (Å²) >= 11 is 3.24. The topological polar surface area (TPSA) is 193 Å². The first-order valence-electron chi connectivity index (χ1n) is 24.2. The summed E-state index contributed by atoms with van der Waals surface area (Å²) in [6.45, 7) is 16.6. The molecule has 3 N–H and O–H groups in total. The zero-order chi connectivity index (χ0) is 51.2. The summed E-state index contributed by atoms with van der Waals surface area (Å²) < 4.78 is 13.2. The van der Waals surface area contributed by atoms with E-state index in [4.69, 9.17) is 14.5 Å². The Hall–Kier alpha value is -6.76. The number of likely N-dealkylation sites (tertiary alicyclic amines) is 1. The van der Waals surface area contributed by atoms with E-state index in [1.54, 1.807) is 22.7 Å². The predicted octanol–water partition coefficient (Wildman–Crippen LogP) is 7.45. The van der Waals surface area contributed by atoms with Gasteiger partial charge in [0.2, 0.25) is 11.8 Å². The Labute approximate surface area is 427 Å². The molecule has 3 amide bonds. The molecule has 3 aliphatic heterocycles. The van der Waals surface area contributed by atoms with Gasteiger partial charge < -0.3 is 35.0 Å². The molecular weight excluding hydrogens is 951 g/mol. The number of nitrogens with one attached hydrogen (secondary N) is 2. The molecule has 72 heavy (non-hydrogen) atoms. The van der Waals surface area contributed by atoms with Crippen molar-refractivity contribution in [2.75, 3.05) is 31.7 Å². The molecule has 0 bridgehead atoms. The highest BCUT2D eigenvalue weighted by molar-refractivity contribution is 7.15. The van der Waals surface area contributed by atoms with Crippen LogP contribution in [0.4, 0.5) is 5.69 Å². The minimum atomic E-state index is -1.00. The fraction of sp³-hybridized carbons (Fsp3) is 0.407. The lowest BCUT2D eigenvalue weighted by molar-refractivity contribution is -0.144. The molecule has 0 unspecified atom stereocenters. The molecule has 376 valence electrons.